The number of benzene rings is 1. The molecule has 3 aromatic rings. The first kappa shape index (κ1) is 14.4. The van der Waals surface area contributed by atoms with Crippen LogP contribution in [0.25, 0.3) is 16.7 Å². The van der Waals surface area contributed by atoms with Crippen LogP contribution >= 0.6 is 0 Å². The molecule has 22 heavy (non-hydrogen) atoms. The molecule has 0 amide bonds. The van der Waals surface area contributed by atoms with Gasteiger partial charge in [-0.25, -0.2) is 19.0 Å². The lowest BCUT2D eigenvalue weighted by Crippen LogP contribution is -2.09. The zero-order chi connectivity index (χ0) is 15.5. The van der Waals surface area contributed by atoms with E-state index in [0.29, 0.717) is 30.3 Å². The molecule has 114 valence electrons. The first-order chi connectivity index (χ1) is 10.7. The minimum atomic E-state index is -0.348. The minimum absolute atomic E-state index is 0.348. The Morgan fingerprint density at radius 3 is 2.86 bits per heavy atom. The van der Waals surface area contributed by atoms with Gasteiger partial charge in [0.1, 0.15) is 23.6 Å². The lowest BCUT2D eigenvalue weighted by molar-refractivity contribution is 0.210. The number of aromatic nitrogens is 4. The van der Waals surface area contributed by atoms with Crippen LogP contribution in [-0.2, 0) is 4.74 Å². The summed E-state index contributed by atoms with van der Waals surface area (Å²) in [5.41, 5.74) is 1.67. The monoisotopic (exact) mass is 301 g/mol. The first-order valence-corrected chi connectivity index (χ1v) is 6.90. The highest BCUT2D eigenvalue weighted by Gasteiger charge is 2.16. The Balaban J connectivity index is 2.11. The molecule has 0 aliphatic heterocycles. The number of ether oxygens (including phenoxy) is 1. The molecule has 1 aromatic carbocycles. The quantitative estimate of drug-likeness (QED) is 0.733. The smallest absolute Gasteiger partial charge is 0.168 e. The van der Waals surface area contributed by atoms with E-state index in [2.05, 4.69) is 20.4 Å². The number of hydrogen-bond acceptors (Lipinski definition) is 5. The molecular formula is C15H16FN5O. The van der Waals surface area contributed by atoms with Crippen LogP contribution in [0.3, 0.4) is 0 Å². The summed E-state index contributed by atoms with van der Waals surface area (Å²) in [6.07, 6.45) is 1.44. The lowest BCUT2D eigenvalue weighted by atomic mass is 10.3. The van der Waals surface area contributed by atoms with E-state index in [9.17, 15) is 4.39 Å². The van der Waals surface area contributed by atoms with Crippen LogP contribution in [0.4, 0.5) is 10.2 Å². The predicted molar refractivity (Wildman–Crippen MR) is 81.7 cm³/mol. The van der Waals surface area contributed by atoms with Gasteiger partial charge in [0.25, 0.3) is 0 Å². The van der Waals surface area contributed by atoms with Crippen LogP contribution in [0, 0.1) is 12.7 Å². The number of para-hydroxylation sites is 1. The van der Waals surface area contributed by atoms with Gasteiger partial charge in [0, 0.05) is 13.7 Å². The van der Waals surface area contributed by atoms with E-state index < -0.39 is 0 Å². The molecule has 1 N–H and O–H groups in total. The number of halogens is 1. The Labute approximate surface area is 127 Å². The van der Waals surface area contributed by atoms with E-state index >= 15 is 0 Å². The fourth-order valence-corrected chi connectivity index (χ4v) is 2.31. The molecule has 0 aliphatic carbocycles. The number of methoxy groups -OCH3 is 1. The van der Waals surface area contributed by atoms with Gasteiger partial charge in [-0.3, -0.25) is 0 Å². The van der Waals surface area contributed by atoms with Crippen LogP contribution in [0.15, 0.2) is 30.6 Å². The number of rotatable bonds is 5. The van der Waals surface area contributed by atoms with Gasteiger partial charge in [-0.1, -0.05) is 12.1 Å². The van der Waals surface area contributed by atoms with Crippen molar-refractivity contribution >= 4 is 16.9 Å². The van der Waals surface area contributed by atoms with Gasteiger partial charge >= 0.3 is 0 Å². The maximum atomic E-state index is 14.0. The van der Waals surface area contributed by atoms with Gasteiger partial charge in [-0.05, 0) is 19.1 Å². The van der Waals surface area contributed by atoms with Gasteiger partial charge < -0.3 is 10.1 Å². The van der Waals surface area contributed by atoms with E-state index in [0.717, 1.165) is 11.1 Å². The maximum Gasteiger partial charge on any atom is 0.168 e. The molecule has 0 unspecified atom stereocenters. The molecule has 0 saturated carbocycles. The molecule has 0 atom stereocenters. The van der Waals surface area contributed by atoms with Crippen LogP contribution in [-0.4, -0.2) is 40.0 Å². The van der Waals surface area contributed by atoms with Crippen molar-refractivity contribution in [3.05, 3.63) is 42.1 Å². The van der Waals surface area contributed by atoms with Crippen LogP contribution < -0.4 is 5.32 Å². The van der Waals surface area contributed by atoms with Crippen molar-refractivity contribution in [2.24, 2.45) is 0 Å². The largest absolute Gasteiger partial charge is 0.383 e. The number of aryl methyl sites for hydroxylation is 1. The zero-order valence-corrected chi connectivity index (χ0v) is 12.4. The maximum absolute atomic E-state index is 14.0. The summed E-state index contributed by atoms with van der Waals surface area (Å²) in [5.74, 6) is 0.321. The SMILES string of the molecule is COCCNc1ncnc2c1c(C)nn2-c1ccccc1F. The third kappa shape index (κ3) is 2.50. The highest BCUT2D eigenvalue weighted by atomic mass is 19.1. The average Bonchev–Trinajstić information content (AvgIpc) is 2.86. The molecule has 3 rings (SSSR count). The number of anilines is 1. The first-order valence-electron chi connectivity index (χ1n) is 6.90. The topological polar surface area (TPSA) is 64.9 Å². The molecule has 0 bridgehead atoms. The number of fused-ring (bicyclic) bond motifs is 1. The number of hydrogen-bond donors (Lipinski definition) is 1. The predicted octanol–water partition coefficient (Wildman–Crippen LogP) is 2.32. The Bertz CT molecular complexity index is 802. The summed E-state index contributed by atoms with van der Waals surface area (Å²) in [5, 5.41) is 8.38. The van der Waals surface area contributed by atoms with Crippen LogP contribution in [0.2, 0.25) is 0 Å². The van der Waals surface area contributed by atoms with Gasteiger partial charge in [0.2, 0.25) is 0 Å². The third-order valence-electron chi connectivity index (χ3n) is 3.32. The van der Waals surface area contributed by atoms with Gasteiger partial charge in [-0.2, -0.15) is 5.10 Å². The fraction of sp³-hybridized carbons (Fsp3) is 0.267. The van der Waals surface area contributed by atoms with Crippen molar-refractivity contribution in [3.63, 3.8) is 0 Å². The zero-order valence-electron chi connectivity index (χ0n) is 12.4. The summed E-state index contributed by atoms with van der Waals surface area (Å²) in [6.45, 7) is 3.03. The Morgan fingerprint density at radius 2 is 2.09 bits per heavy atom. The van der Waals surface area contributed by atoms with Crippen molar-refractivity contribution in [2.75, 3.05) is 25.6 Å². The number of nitrogens with zero attached hydrogens (tertiary/aromatic N) is 4. The standard InChI is InChI=1S/C15H16FN5O/c1-10-13-14(17-7-8-22-2)18-9-19-15(13)21(20-10)12-6-4-3-5-11(12)16/h3-6,9H,7-8H2,1-2H3,(H,17,18,19). The molecule has 0 fully saturated rings. The molecule has 0 radical (unpaired) electrons. The van der Waals surface area contributed by atoms with Crippen molar-refractivity contribution in [3.8, 4) is 5.69 Å². The molecule has 0 spiro atoms. The van der Waals surface area contributed by atoms with E-state index in [1.54, 1.807) is 25.3 Å². The summed E-state index contributed by atoms with van der Waals surface area (Å²) in [4.78, 5) is 8.50. The minimum Gasteiger partial charge on any atom is -0.383 e. The van der Waals surface area contributed by atoms with Gasteiger partial charge in [0.15, 0.2) is 5.65 Å². The molecule has 6 nitrogen and oxygen atoms in total. The van der Waals surface area contributed by atoms with E-state index in [1.165, 1.54) is 17.1 Å². The second-order valence-corrected chi connectivity index (χ2v) is 4.79. The molecule has 0 aliphatic rings. The normalized spacial score (nSPS) is 11.0. The molecule has 0 saturated heterocycles. The van der Waals surface area contributed by atoms with E-state index in [1.807, 2.05) is 6.92 Å². The van der Waals surface area contributed by atoms with Crippen molar-refractivity contribution in [2.45, 2.75) is 6.92 Å². The second-order valence-electron chi connectivity index (χ2n) is 4.79. The summed E-state index contributed by atoms with van der Waals surface area (Å²) >= 11 is 0. The summed E-state index contributed by atoms with van der Waals surface area (Å²) in [7, 11) is 1.64. The van der Waals surface area contributed by atoms with Crippen molar-refractivity contribution in [1.82, 2.24) is 19.7 Å². The molecule has 2 aromatic heterocycles. The van der Waals surface area contributed by atoms with Gasteiger partial charge in [-0.15, -0.1) is 0 Å². The Hall–Kier alpha value is -2.54. The second kappa shape index (κ2) is 6.07. The fourth-order valence-electron chi connectivity index (χ4n) is 2.31. The van der Waals surface area contributed by atoms with E-state index in [-0.39, 0.29) is 5.82 Å². The van der Waals surface area contributed by atoms with Crippen molar-refractivity contribution in [1.29, 1.82) is 0 Å². The summed E-state index contributed by atoms with van der Waals surface area (Å²) < 4.78 is 20.5. The van der Waals surface area contributed by atoms with Crippen LogP contribution in [0.5, 0.6) is 0 Å². The lowest BCUT2D eigenvalue weighted by Gasteiger charge is -2.07. The van der Waals surface area contributed by atoms with Gasteiger partial charge in [0.05, 0.1) is 17.7 Å². The molecule has 2 heterocycles. The molecular weight excluding hydrogens is 285 g/mol. The van der Waals surface area contributed by atoms with Crippen molar-refractivity contribution < 1.29 is 9.13 Å². The summed E-state index contributed by atoms with van der Waals surface area (Å²) in [6, 6.07) is 6.47. The third-order valence-corrected chi connectivity index (χ3v) is 3.32. The van der Waals surface area contributed by atoms with Crippen LogP contribution in [0.1, 0.15) is 5.69 Å². The Kier molecular flexibility index (Phi) is 3.97. The van der Waals surface area contributed by atoms with E-state index in [4.69, 9.17) is 4.74 Å². The highest BCUT2D eigenvalue weighted by molar-refractivity contribution is 5.90. The Morgan fingerprint density at radius 1 is 1.27 bits per heavy atom. The number of nitrogens with one attached hydrogen (secondary N) is 1. The molecule has 7 heteroatoms. The highest BCUT2D eigenvalue weighted by Crippen LogP contribution is 2.25. The average molecular weight is 301 g/mol.